The Hall–Kier alpha value is -2.39. The maximum Gasteiger partial charge on any atom is 0.335 e. The third kappa shape index (κ3) is 7.09. The molecule has 114 valence electrons. The van der Waals surface area contributed by atoms with Gasteiger partial charge in [-0.3, -0.25) is 0 Å². The number of hydrogen-bond donors (Lipinski definition) is 0. The predicted molar refractivity (Wildman–Crippen MR) is 71.9 cm³/mol. The minimum atomic E-state index is -1.41. The van der Waals surface area contributed by atoms with Crippen molar-refractivity contribution < 1.29 is 23.9 Å². The second-order valence-electron chi connectivity index (χ2n) is 4.11. The van der Waals surface area contributed by atoms with E-state index in [1.54, 1.807) is 6.92 Å². The molecular weight excluding hydrogens is 278 g/mol. The Bertz CT molecular complexity index is 474. The lowest BCUT2D eigenvalue weighted by molar-refractivity contribution is -0.150. The molecule has 0 aromatic rings. The van der Waals surface area contributed by atoms with E-state index in [4.69, 9.17) is 4.74 Å². The normalized spacial score (nSPS) is 12.0. The van der Waals surface area contributed by atoms with Crippen LogP contribution < -0.4 is 0 Å². The number of aliphatic imine (C=N–C) groups is 3. The molecule has 1 unspecified atom stereocenters. The fraction of sp³-hybridized carbons (Fsp3) is 0.692. The average Bonchev–Trinajstić information content (AvgIpc) is 2.47. The van der Waals surface area contributed by atoms with Crippen molar-refractivity contribution in [3.05, 3.63) is 0 Å². The Morgan fingerprint density at radius 1 is 1.00 bits per heavy atom. The van der Waals surface area contributed by atoms with Gasteiger partial charge in [0.25, 0.3) is 0 Å². The second kappa shape index (κ2) is 11.4. The van der Waals surface area contributed by atoms with Crippen LogP contribution in [-0.2, 0) is 23.9 Å². The maximum atomic E-state index is 12.0. The molecule has 0 rings (SSSR count). The zero-order chi connectivity index (χ0) is 16.0. The molecule has 0 bridgehead atoms. The van der Waals surface area contributed by atoms with Gasteiger partial charge in [-0.15, -0.1) is 0 Å². The number of carbonyl (C=O) groups excluding carboxylic acids is 4. The van der Waals surface area contributed by atoms with E-state index in [9.17, 15) is 19.2 Å². The number of esters is 1. The average molecular weight is 295 g/mol. The summed E-state index contributed by atoms with van der Waals surface area (Å²) in [6.45, 7) is 2.05. The quantitative estimate of drug-likeness (QED) is 0.242. The summed E-state index contributed by atoms with van der Waals surface area (Å²) in [5.41, 5.74) is -1.41. The van der Waals surface area contributed by atoms with Gasteiger partial charge < -0.3 is 4.74 Å². The van der Waals surface area contributed by atoms with Gasteiger partial charge in [-0.1, -0.05) is 0 Å². The predicted octanol–water partition coefficient (Wildman–Crippen LogP) is 0.856. The molecule has 0 aromatic carbocycles. The molecule has 8 heteroatoms. The number of unbranched alkanes of at least 4 members (excludes halogenated alkanes) is 1. The van der Waals surface area contributed by atoms with Crippen LogP contribution in [-0.4, -0.2) is 49.4 Å². The highest BCUT2D eigenvalue weighted by Gasteiger charge is 2.39. The van der Waals surface area contributed by atoms with Gasteiger partial charge >= 0.3 is 5.97 Å². The van der Waals surface area contributed by atoms with E-state index in [0.717, 1.165) is 0 Å². The van der Waals surface area contributed by atoms with Gasteiger partial charge in [0.2, 0.25) is 18.2 Å². The number of nitrogens with zero attached hydrogens (tertiary/aromatic N) is 3. The molecular formula is C13H17N3O5. The van der Waals surface area contributed by atoms with E-state index in [1.165, 1.54) is 18.2 Å². The molecule has 0 aliphatic rings. The molecule has 0 aliphatic heterocycles. The van der Waals surface area contributed by atoms with Crippen molar-refractivity contribution >= 4 is 24.2 Å². The van der Waals surface area contributed by atoms with Crippen LogP contribution in [0.1, 0.15) is 32.6 Å². The molecule has 0 saturated carbocycles. The van der Waals surface area contributed by atoms with Gasteiger partial charge in [-0.25, -0.2) is 29.2 Å². The highest BCUT2D eigenvalue weighted by atomic mass is 16.5. The lowest BCUT2D eigenvalue weighted by Gasteiger charge is -2.24. The number of carbonyl (C=O) groups is 1. The van der Waals surface area contributed by atoms with Gasteiger partial charge in [0.05, 0.1) is 19.7 Å². The van der Waals surface area contributed by atoms with E-state index in [-0.39, 0.29) is 32.5 Å². The van der Waals surface area contributed by atoms with Crippen molar-refractivity contribution in [2.75, 3.05) is 19.7 Å². The first kappa shape index (κ1) is 18.6. The summed E-state index contributed by atoms with van der Waals surface area (Å²) in [5.74, 6) is -0.659. The largest absolute Gasteiger partial charge is 0.464 e. The summed E-state index contributed by atoms with van der Waals surface area (Å²) in [6.07, 6.45) is 5.43. The standard InChI is InChI=1S/C13H17N3O5/c1-2-21-12(20)13(16-11-19,6-8-15-10-18)5-3-4-7-14-9-17/h2-8H2,1H3. The number of ether oxygens (including phenoxy) is 1. The SMILES string of the molecule is CCOC(=O)C(CCCCN=C=O)(CCN=C=O)N=C=O. The third-order valence-electron chi connectivity index (χ3n) is 2.79. The van der Waals surface area contributed by atoms with Crippen LogP contribution in [0.3, 0.4) is 0 Å². The lowest BCUT2D eigenvalue weighted by atomic mass is 9.89. The molecule has 0 aromatic heterocycles. The Morgan fingerprint density at radius 3 is 2.24 bits per heavy atom. The van der Waals surface area contributed by atoms with Gasteiger partial charge in [0.15, 0.2) is 5.54 Å². The molecule has 0 amide bonds. The number of isocyanates is 3. The Kier molecular flexibility index (Phi) is 10.1. The molecule has 0 spiro atoms. The van der Waals surface area contributed by atoms with Gasteiger partial charge in [-0.2, -0.15) is 4.99 Å². The minimum absolute atomic E-state index is 0.0000150. The van der Waals surface area contributed by atoms with Crippen LogP contribution >= 0.6 is 0 Å². The van der Waals surface area contributed by atoms with Crippen molar-refractivity contribution in [1.82, 2.24) is 0 Å². The summed E-state index contributed by atoms with van der Waals surface area (Å²) in [7, 11) is 0. The Labute approximate surface area is 122 Å². The molecule has 21 heavy (non-hydrogen) atoms. The summed E-state index contributed by atoms with van der Waals surface area (Å²) in [5, 5.41) is 0. The first-order valence-electron chi connectivity index (χ1n) is 6.50. The maximum absolute atomic E-state index is 12.0. The van der Waals surface area contributed by atoms with Gasteiger partial charge in [0, 0.05) is 6.42 Å². The highest BCUT2D eigenvalue weighted by Crippen LogP contribution is 2.25. The van der Waals surface area contributed by atoms with Crippen molar-refractivity contribution in [3.63, 3.8) is 0 Å². The van der Waals surface area contributed by atoms with Crippen LogP contribution in [0.4, 0.5) is 0 Å². The summed E-state index contributed by atoms with van der Waals surface area (Å²) in [6, 6.07) is 0. The van der Waals surface area contributed by atoms with E-state index >= 15 is 0 Å². The molecule has 1 atom stereocenters. The molecule has 0 fully saturated rings. The van der Waals surface area contributed by atoms with E-state index in [0.29, 0.717) is 12.8 Å². The van der Waals surface area contributed by atoms with E-state index < -0.39 is 11.5 Å². The molecule has 0 N–H and O–H groups in total. The van der Waals surface area contributed by atoms with Crippen LogP contribution in [0, 0.1) is 0 Å². The second-order valence-corrected chi connectivity index (χ2v) is 4.11. The molecule has 8 nitrogen and oxygen atoms in total. The number of rotatable bonds is 11. The summed E-state index contributed by atoms with van der Waals surface area (Å²) < 4.78 is 4.93. The van der Waals surface area contributed by atoms with Crippen molar-refractivity contribution in [2.45, 2.75) is 38.1 Å². The Balaban J connectivity index is 4.96. The zero-order valence-corrected chi connectivity index (χ0v) is 11.8. The molecule has 0 radical (unpaired) electrons. The van der Waals surface area contributed by atoms with Crippen molar-refractivity contribution in [3.8, 4) is 0 Å². The third-order valence-corrected chi connectivity index (χ3v) is 2.79. The lowest BCUT2D eigenvalue weighted by Crippen LogP contribution is -2.39. The summed E-state index contributed by atoms with van der Waals surface area (Å²) >= 11 is 0. The summed E-state index contributed by atoms with van der Waals surface area (Å²) in [4.78, 5) is 53.1. The zero-order valence-electron chi connectivity index (χ0n) is 11.8. The fourth-order valence-electron chi connectivity index (χ4n) is 1.78. The van der Waals surface area contributed by atoms with E-state index in [2.05, 4.69) is 15.0 Å². The number of hydrogen-bond acceptors (Lipinski definition) is 8. The minimum Gasteiger partial charge on any atom is -0.464 e. The monoisotopic (exact) mass is 295 g/mol. The van der Waals surface area contributed by atoms with Crippen LogP contribution in [0.25, 0.3) is 0 Å². The van der Waals surface area contributed by atoms with Crippen molar-refractivity contribution in [2.24, 2.45) is 15.0 Å². The van der Waals surface area contributed by atoms with E-state index in [1.807, 2.05) is 0 Å². The van der Waals surface area contributed by atoms with Gasteiger partial charge in [-0.05, 0) is 26.2 Å². The van der Waals surface area contributed by atoms with Gasteiger partial charge in [0.1, 0.15) is 0 Å². The van der Waals surface area contributed by atoms with Crippen LogP contribution in [0.15, 0.2) is 15.0 Å². The molecule has 0 aliphatic carbocycles. The molecule has 0 heterocycles. The van der Waals surface area contributed by atoms with Crippen molar-refractivity contribution in [1.29, 1.82) is 0 Å². The van der Waals surface area contributed by atoms with Crippen LogP contribution in [0.5, 0.6) is 0 Å². The topological polar surface area (TPSA) is 115 Å². The highest BCUT2D eigenvalue weighted by molar-refractivity contribution is 5.82. The smallest absolute Gasteiger partial charge is 0.335 e. The molecule has 0 saturated heterocycles. The fourth-order valence-corrected chi connectivity index (χ4v) is 1.78. The first-order chi connectivity index (χ1) is 10.2. The van der Waals surface area contributed by atoms with Crippen LogP contribution in [0.2, 0.25) is 0 Å². The first-order valence-corrected chi connectivity index (χ1v) is 6.50. The Morgan fingerprint density at radius 2 is 1.67 bits per heavy atom.